The summed E-state index contributed by atoms with van der Waals surface area (Å²) in [5, 5.41) is 9.31. The van der Waals surface area contributed by atoms with Crippen LogP contribution in [-0.4, -0.2) is 41.8 Å². The minimum Gasteiger partial charge on any atom is -0.479 e. The summed E-state index contributed by atoms with van der Waals surface area (Å²) in [6, 6.07) is 3.85. The summed E-state index contributed by atoms with van der Waals surface area (Å²) in [7, 11) is 1.47. The number of aliphatic carboxylic acids is 1. The van der Waals surface area contributed by atoms with Crippen LogP contribution in [0.4, 0.5) is 0 Å². The molecule has 0 spiro atoms. The Kier molecular flexibility index (Phi) is 4.27. The van der Waals surface area contributed by atoms with Gasteiger partial charge in [0.25, 0.3) is 0 Å². The lowest BCUT2D eigenvalue weighted by Crippen LogP contribution is -2.54. The minimum absolute atomic E-state index is 0.425. The number of piperidine rings is 1. The van der Waals surface area contributed by atoms with E-state index in [2.05, 4.69) is 4.90 Å². The number of thiophene rings is 1. The van der Waals surface area contributed by atoms with Crippen LogP contribution in [0.25, 0.3) is 0 Å². The molecule has 18 heavy (non-hydrogen) atoms. The Bertz CT molecular complexity index is 437. The molecule has 1 aromatic heterocycles. The van der Waals surface area contributed by atoms with Gasteiger partial charge in [-0.05, 0) is 31.5 Å². The Morgan fingerprint density at radius 3 is 3.00 bits per heavy atom. The van der Waals surface area contributed by atoms with Gasteiger partial charge in [0.15, 0.2) is 5.60 Å². The van der Waals surface area contributed by atoms with E-state index in [9.17, 15) is 9.90 Å². The van der Waals surface area contributed by atoms with Crippen LogP contribution in [0.1, 0.15) is 17.7 Å². The van der Waals surface area contributed by atoms with Crippen molar-refractivity contribution in [2.24, 2.45) is 0 Å². The fourth-order valence-electron chi connectivity index (χ4n) is 2.33. The quantitative estimate of drug-likeness (QED) is 0.925. The highest BCUT2D eigenvalue weighted by molar-refractivity contribution is 7.16. The molecule has 1 saturated heterocycles. The maximum absolute atomic E-state index is 11.3. The van der Waals surface area contributed by atoms with Gasteiger partial charge >= 0.3 is 5.97 Å². The molecule has 100 valence electrons. The molecule has 0 aromatic carbocycles. The Balaban J connectivity index is 2.04. The third kappa shape index (κ3) is 2.85. The van der Waals surface area contributed by atoms with Crippen LogP contribution in [0.15, 0.2) is 12.1 Å². The highest BCUT2D eigenvalue weighted by atomic mass is 35.5. The number of nitrogens with zero attached hydrogens (tertiary/aromatic N) is 1. The molecular weight excluding hydrogens is 274 g/mol. The Hall–Kier alpha value is -0.620. The molecule has 1 aliphatic rings. The first-order valence-electron chi connectivity index (χ1n) is 5.81. The number of hydrogen-bond donors (Lipinski definition) is 1. The summed E-state index contributed by atoms with van der Waals surface area (Å²) >= 11 is 7.43. The molecule has 1 unspecified atom stereocenters. The number of hydrogen-bond acceptors (Lipinski definition) is 4. The third-order valence-corrected chi connectivity index (χ3v) is 4.54. The molecule has 4 nitrogen and oxygen atoms in total. The van der Waals surface area contributed by atoms with Gasteiger partial charge in [-0.3, -0.25) is 4.90 Å². The van der Waals surface area contributed by atoms with Crippen molar-refractivity contribution in [3.05, 3.63) is 21.3 Å². The smallest absolute Gasteiger partial charge is 0.337 e. The van der Waals surface area contributed by atoms with E-state index in [1.54, 1.807) is 0 Å². The summed E-state index contributed by atoms with van der Waals surface area (Å²) in [6.45, 7) is 2.05. The summed E-state index contributed by atoms with van der Waals surface area (Å²) < 4.78 is 6.01. The third-order valence-electron chi connectivity index (χ3n) is 3.32. The van der Waals surface area contributed by atoms with Gasteiger partial charge in [-0.1, -0.05) is 11.6 Å². The van der Waals surface area contributed by atoms with Gasteiger partial charge in [0.1, 0.15) is 0 Å². The molecule has 0 bridgehead atoms. The lowest BCUT2D eigenvalue weighted by atomic mass is 9.92. The maximum atomic E-state index is 11.3. The van der Waals surface area contributed by atoms with Crippen LogP contribution in [-0.2, 0) is 16.1 Å². The first-order chi connectivity index (χ1) is 8.55. The SMILES string of the molecule is COC1(C(=O)O)CCCN(Cc2ccc(Cl)s2)C1. The highest BCUT2D eigenvalue weighted by Crippen LogP contribution is 2.28. The number of halogens is 1. The Labute approximate surface area is 115 Å². The van der Waals surface area contributed by atoms with Crippen molar-refractivity contribution >= 4 is 28.9 Å². The fraction of sp³-hybridized carbons (Fsp3) is 0.583. The zero-order chi connectivity index (χ0) is 13.2. The molecule has 1 atom stereocenters. The summed E-state index contributed by atoms with van der Waals surface area (Å²) in [5.41, 5.74) is -1.06. The van der Waals surface area contributed by atoms with E-state index < -0.39 is 11.6 Å². The Morgan fingerprint density at radius 1 is 1.67 bits per heavy atom. The van der Waals surface area contributed by atoms with Crippen molar-refractivity contribution in [1.82, 2.24) is 4.90 Å². The zero-order valence-corrected chi connectivity index (χ0v) is 11.8. The predicted molar refractivity (Wildman–Crippen MR) is 71.2 cm³/mol. The topological polar surface area (TPSA) is 49.8 Å². The first-order valence-corrected chi connectivity index (χ1v) is 7.00. The average molecular weight is 290 g/mol. The Morgan fingerprint density at radius 2 is 2.44 bits per heavy atom. The van der Waals surface area contributed by atoms with E-state index in [1.807, 2.05) is 12.1 Å². The molecule has 0 amide bonds. The normalized spacial score (nSPS) is 25.2. The lowest BCUT2D eigenvalue weighted by Gasteiger charge is -2.38. The second-order valence-electron chi connectivity index (χ2n) is 4.52. The summed E-state index contributed by atoms with van der Waals surface area (Å²) in [6.07, 6.45) is 1.40. The molecule has 2 rings (SSSR count). The van der Waals surface area contributed by atoms with Crippen molar-refractivity contribution in [1.29, 1.82) is 0 Å². The molecule has 0 radical (unpaired) electrons. The number of methoxy groups -OCH3 is 1. The molecular formula is C12H16ClNO3S. The van der Waals surface area contributed by atoms with Crippen molar-refractivity contribution in [2.45, 2.75) is 25.0 Å². The molecule has 6 heteroatoms. The molecule has 1 N–H and O–H groups in total. The first kappa shape index (κ1) is 13.8. The second kappa shape index (κ2) is 5.57. The highest BCUT2D eigenvalue weighted by Gasteiger charge is 2.42. The van der Waals surface area contributed by atoms with Crippen LogP contribution in [0.5, 0.6) is 0 Å². The van der Waals surface area contributed by atoms with Crippen molar-refractivity contribution in [3.63, 3.8) is 0 Å². The van der Waals surface area contributed by atoms with Crippen LogP contribution in [0.3, 0.4) is 0 Å². The number of likely N-dealkylation sites (tertiary alicyclic amines) is 1. The van der Waals surface area contributed by atoms with Crippen LogP contribution in [0, 0.1) is 0 Å². The number of carbonyl (C=O) groups is 1. The van der Waals surface area contributed by atoms with E-state index >= 15 is 0 Å². The van der Waals surface area contributed by atoms with Gasteiger partial charge in [-0.2, -0.15) is 0 Å². The van der Waals surface area contributed by atoms with E-state index in [0.717, 1.165) is 28.7 Å². The van der Waals surface area contributed by atoms with Gasteiger partial charge in [-0.25, -0.2) is 4.79 Å². The summed E-state index contributed by atoms with van der Waals surface area (Å²) in [4.78, 5) is 14.6. The second-order valence-corrected chi connectivity index (χ2v) is 6.32. The molecule has 1 fully saturated rings. The largest absolute Gasteiger partial charge is 0.479 e. The lowest BCUT2D eigenvalue weighted by molar-refractivity contribution is -0.169. The van der Waals surface area contributed by atoms with E-state index in [-0.39, 0.29) is 0 Å². The van der Waals surface area contributed by atoms with Crippen molar-refractivity contribution in [3.8, 4) is 0 Å². The molecule has 1 aromatic rings. The van der Waals surface area contributed by atoms with E-state index in [0.29, 0.717) is 13.0 Å². The molecule has 0 aliphatic carbocycles. The number of ether oxygens (including phenoxy) is 1. The summed E-state index contributed by atoms with van der Waals surface area (Å²) in [5.74, 6) is -0.876. The predicted octanol–water partition coefficient (Wildman–Crippen LogP) is 2.47. The molecule has 2 heterocycles. The van der Waals surface area contributed by atoms with Crippen LogP contribution >= 0.6 is 22.9 Å². The van der Waals surface area contributed by atoms with Gasteiger partial charge in [0.2, 0.25) is 0 Å². The van der Waals surface area contributed by atoms with Crippen LogP contribution in [0.2, 0.25) is 4.34 Å². The number of rotatable bonds is 4. The van der Waals surface area contributed by atoms with Gasteiger partial charge in [0, 0.05) is 25.1 Å². The number of carboxylic acids is 1. The standard InChI is InChI=1S/C12H16ClNO3S/c1-17-12(11(15)16)5-2-6-14(8-12)7-9-3-4-10(13)18-9/h3-4H,2,5-8H2,1H3,(H,15,16). The van der Waals surface area contributed by atoms with Crippen LogP contribution < -0.4 is 0 Å². The van der Waals surface area contributed by atoms with Gasteiger partial charge in [0.05, 0.1) is 4.34 Å². The fourth-order valence-corrected chi connectivity index (χ4v) is 3.46. The van der Waals surface area contributed by atoms with E-state index in [1.165, 1.54) is 18.4 Å². The van der Waals surface area contributed by atoms with Crippen molar-refractivity contribution in [2.75, 3.05) is 20.2 Å². The number of carboxylic acid groups (broad SMARTS) is 1. The molecule has 0 saturated carbocycles. The van der Waals surface area contributed by atoms with E-state index in [4.69, 9.17) is 16.3 Å². The van der Waals surface area contributed by atoms with Gasteiger partial charge < -0.3 is 9.84 Å². The minimum atomic E-state index is -1.06. The maximum Gasteiger partial charge on any atom is 0.337 e. The molecule has 1 aliphatic heterocycles. The van der Waals surface area contributed by atoms with Crippen molar-refractivity contribution < 1.29 is 14.6 Å². The monoisotopic (exact) mass is 289 g/mol. The average Bonchev–Trinajstić information content (AvgIpc) is 2.74. The van der Waals surface area contributed by atoms with Gasteiger partial charge in [-0.15, -0.1) is 11.3 Å². The zero-order valence-electron chi connectivity index (χ0n) is 10.2.